The molecule has 1 aromatic rings. The third-order valence-electron chi connectivity index (χ3n) is 3.29. The number of rotatable bonds is 8. The highest BCUT2D eigenvalue weighted by molar-refractivity contribution is 5.67. The van der Waals surface area contributed by atoms with Crippen molar-refractivity contribution in [1.82, 2.24) is 5.32 Å². The molecular weight excluding hydrogens is 424 g/mol. The van der Waals surface area contributed by atoms with E-state index in [2.05, 4.69) is 5.32 Å². The molecule has 0 saturated carbocycles. The number of para-hydroxylation sites is 1. The molecule has 9 heteroatoms. The fourth-order valence-corrected chi connectivity index (χ4v) is 1.92. The van der Waals surface area contributed by atoms with Crippen molar-refractivity contribution in [2.45, 2.75) is 78.4 Å². The van der Waals surface area contributed by atoms with Crippen LogP contribution in [-0.4, -0.2) is 49.6 Å². The third-order valence-corrected chi connectivity index (χ3v) is 3.29. The van der Waals surface area contributed by atoms with Gasteiger partial charge in [-0.1, -0.05) is 18.2 Å². The molecule has 0 saturated heterocycles. The van der Waals surface area contributed by atoms with E-state index in [-0.39, 0.29) is 6.09 Å². The molecule has 192 valence electrons. The van der Waals surface area contributed by atoms with Crippen LogP contribution in [0.5, 0.6) is 5.75 Å². The van der Waals surface area contributed by atoms with Crippen molar-refractivity contribution in [3.8, 4) is 5.75 Å². The second-order valence-corrected chi connectivity index (χ2v) is 9.09. The SMILES string of the molecule is CC(C)(C)OC(=O)NCCCCN.CC(C)(C)OC(=O)Oc1ccccc1.NCCCCN. The lowest BCUT2D eigenvalue weighted by Crippen LogP contribution is -2.33. The van der Waals surface area contributed by atoms with Gasteiger partial charge in [0.05, 0.1) is 0 Å². The topological polar surface area (TPSA) is 152 Å². The third kappa shape index (κ3) is 27.6. The summed E-state index contributed by atoms with van der Waals surface area (Å²) in [6.07, 6.45) is 2.92. The summed E-state index contributed by atoms with van der Waals surface area (Å²) >= 11 is 0. The van der Waals surface area contributed by atoms with E-state index in [0.29, 0.717) is 18.8 Å². The zero-order valence-corrected chi connectivity index (χ0v) is 21.3. The van der Waals surface area contributed by atoms with Crippen LogP contribution in [0.15, 0.2) is 30.3 Å². The second-order valence-electron chi connectivity index (χ2n) is 9.09. The summed E-state index contributed by atoms with van der Waals surface area (Å²) in [5, 5.41) is 2.66. The van der Waals surface area contributed by atoms with Gasteiger partial charge in [-0.25, -0.2) is 9.59 Å². The van der Waals surface area contributed by atoms with Crippen molar-refractivity contribution in [2.24, 2.45) is 17.2 Å². The fraction of sp³-hybridized carbons (Fsp3) is 0.667. The largest absolute Gasteiger partial charge is 0.514 e. The first-order valence-electron chi connectivity index (χ1n) is 11.4. The Hall–Kier alpha value is -2.36. The summed E-state index contributed by atoms with van der Waals surface area (Å²) < 4.78 is 14.9. The van der Waals surface area contributed by atoms with E-state index in [1.165, 1.54) is 0 Å². The van der Waals surface area contributed by atoms with Crippen molar-refractivity contribution in [2.75, 3.05) is 26.2 Å². The van der Waals surface area contributed by atoms with E-state index in [4.69, 9.17) is 31.4 Å². The number of nitrogens with two attached hydrogens (primary N) is 3. The summed E-state index contributed by atoms with van der Waals surface area (Å²) in [5.41, 5.74) is 14.7. The Morgan fingerprint density at radius 1 is 0.758 bits per heavy atom. The number of nitrogens with one attached hydrogen (secondary N) is 1. The van der Waals surface area contributed by atoms with Crippen molar-refractivity contribution >= 4 is 12.2 Å². The van der Waals surface area contributed by atoms with E-state index in [1.807, 2.05) is 26.8 Å². The average Bonchev–Trinajstić information content (AvgIpc) is 2.68. The highest BCUT2D eigenvalue weighted by Crippen LogP contribution is 2.13. The number of carbonyl (C=O) groups excluding carboxylic acids is 2. The zero-order chi connectivity index (χ0) is 25.8. The van der Waals surface area contributed by atoms with Crippen LogP contribution in [-0.2, 0) is 9.47 Å². The van der Waals surface area contributed by atoms with E-state index in [1.54, 1.807) is 45.0 Å². The molecule has 0 spiro atoms. The van der Waals surface area contributed by atoms with Crippen molar-refractivity contribution < 1.29 is 23.8 Å². The molecule has 0 bridgehead atoms. The maximum atomic E-state index is 11.2. The highest BCUT2D eigenvalue weighted by atomic mass is 16.7. The first-order valence-corrected chi connectivity index (χ1v) is 11.4. The molecule has 9 nitrogen and oxygen atoms in total. The molecule has 0 aliphatic rings. The normalized spacial score (nSPS) is 10.6. The van der Waals surface area contributed by atoms with Crippen LogP contribution < -0.4 is 27.3 Å². The van der Waals surface area contributed by atoms with Crippen LogP contribution in [0.4, 0.5) is 9.59 Å². The molecule has 0 aromatic heterocycles. The molecule has 0 aliphatic carbocycles. The van der Waals surface area contributed by atoms with Gasteiger partial charge in [-0.2, -0.15) is 0 Å². The minimum atomic E-state index is -0.677. The molecule has 0 heterocycles. The second kappa shape index (κ2) is 19.1. The Balaban J connectivity index is 0. The molecule has 1 aromatic carbocycles. The van der Waals surface area contributed by atoms with E-state index >= 15 is 0 Å². The Morgan fingerprint density at radius 2 is 1.21 bits per heavy atom. The van der Waals surface area contributed by atoms with Crippen molar-refractivity contribution in [1.29, 1.82) is 0 Å². The summed E-state index contributed by atoms with van der Waals surface area (Å²) in [5.74, 6) is 0.488. The van der Waals surface area contributed by atoms with Gasteiger partial charge in [-0.05, 0) is 99.0 Å². The van der Waals surface area contributed by atoms with Gasteiger partial charge in [0.2, 0.25) is 0 Å². The number of unbranched alkanes of at least 4 members (excludes halogenated alkanes) is 2. The maximum absolute atomic E-state index is 11.2. The Labute approximate surface area is 199 Å². The predicted octanol–water partition coefficient (Wildman–Crippen LogP) is 3.93. The molecule has 0 fully saturated rings. The van der Waals surface area contributed by atoms with Gasteiger partial charge < -0.3 is 36.7 Å². The van der Waals surface area contributed by atoms with Crippen LogP contribution in [0, 0.1) is 0 Å². The molecule has 1 rings (SSSR count). The Bertz CT molecular complexity index is 610. The first kappa shape index (κ1) is 32.8. The van der Waals surface area contributed by atoms with E-state index < -0.39 is 17.4 Å². The van der Waals surface area contributed by atoms with Gasteiger partial charge in [0.15, 0.2) is 0 Å². The lowest BCUT2D eigenvalue weighted by atomic mass is 10.2. The number of ether oxygens (including phenoxy) is 3. The molecule has 0 aliphatic heterocycles. The van der Waals surface area contributed by atoms with Gasteiger partial charge >= 0.3 is 12.2 Å². The summed E-state index contributed by atoms with van der Waals surface area (Å²) in [6.45, 7) is 13.7. The highest BCUT2D eigenvalue weighted by Gasteiger charge is 2.17. The fourth-order valence-electron chi connectivity index (χ4n) is 1.92. The summed E-state index contributed by atoms with van der Waals surface area (Å²) in [7, 11) is 0. The predicted molar refractivity (Wildman–Crippen MR) is 133 cm³/mol. The maximum Gasteiger partial charge on any atom is 0.514 e. The molecule has 33 heavy (non-hydrogen) atoms. The number of carbonyl (C=O) groups is 2. The number of alkyl carbamates (subject to hydrolysis) is 1. The first-order chi connectivity index (χ1) is 15.3. The van der Waals surface area contributed by atoms with Gasteiger partial charge in [0.1, 0.15) is 17.0 Å². The lowest BCUT2D eigenvalue weighted by molar-refractivity contribution is 0.0206. The average molecular weight is 471 g/mol. The van der Waals surface area contributed by atoms with E-state index in [9.17, 15) is 9.59 Å². The molecule has 1 amide bonds. The summed E-state index contributed by atoms with van der Waals surface area (Å²) in [4.78, 5) is 22.2. The Kier molecular flexibility index (Phi) is 19.0. The monoisotopic (exact) mass is 470 g/mol. The van der Waals surface area contributed by atoms with Gasteiger partial charge in [-0.15, -0.1) is 0 Å². The number of amides is 1. The molecule has 0 unspecified atom stereocenters. The standard InChI is InChI=1S/C11H14O3.C9H20N2O2.C4H12N2/c1-11(2,3)14-10(12)13-9-7-5-4-6-8-9;1-9(2,3)13-8(12)11-7-5-4-6-10;5-3-1-2-4-6/h4-8H,1-3H3;4-7,10H2,1-3H3,(H,11,12);1-6H2. The van der Waals surface area contributed by atoms with Gasteiger partial charge in [0.25, 0.3) is 0 Å². The number of benzene rings is 1. The van der Waals surface area contributed by atoms with Crippen LogP contribution in [0.2, 0.25) is 0 Å². The number of hydrogen-bond donors (Lipinski definition) is 4. The smallest absolute Gasteiger partial charge is 0.444 e. The van der Waals surface area contributed by atoms with Crippen LogP contribution in [0.3, 0.4) is 0 Å². The minimum absolute atomic E-state index is 0.357. The van der Waals surface area contributed by atoms with Crippen molar-refractivity contribution in [3.63, 3.8) is 0 Å². The van der Waals surface area contributed by atoms with Crippen molar-refractivity contribution in [3.05, 3.63) is 30.3 Å². The van der Waals surface area contributed by atoms with E-state index in [0.717, 1.165) is 38.8 Å². The molecule has 0 atom stereocenters. The molecule has 0 radical (unpaired) electrons. The quantitative estimate of drug-likeness (QED) is 0.253. The molecule has 7 N–H and O–H groups in total. The van der Waals surface area contributed by atoms with Crippen LogP contribution in [0.1, 0.15) is 67.2 Å². The zero-order valence-electron chi connectivity index (χ0n) is 21.3. The lowest BCUT2D eigenvalue weighted by Gasteiger charge is -2.19. The van der Waals surface area contributed by atoms with Gasteiger partial charge in [0, 0.05) is 6.54 Å². The van der Waals surface area contributed by atoms with Crippen LogP contribution >= 0.6 is 0 Å². The molecular formula is C24H46N4O5. The van der Waals surface area contributed by atoms with Gasteiger partial charge in [-0.3, -0.25) is 0 Å². The minimum Gasteiger partial charge on any atom is -0.444 e. The Morgan fingerprint density at radius 3 is 1.64 bits per heavy atom. The summed E-state index contributed by atoms with van der Waals surface area (Å²) in [6, 6.07) is 8.83. The number of hydrogen-bond acceptors (Lipinski definition) is 8. The van der Waals surface area contributed by atoms with Crippen LogP contribution in [0.25, 0.3) is 0 Å².